The highest BCUT2D eigenvalue weighted by Crippen LogP contribution is 2.12. The van der Waals surface area contributed by atoms with Gasteiger partial charge in [-0.3, -0.25) is 4.79 Å². The molecule has 0 unspecified atom stereocenters. The molecule has 1 aromatic rings. The van der Waals surface area contributed by atoms with Gasteiger partial charge in [-0.25, -0.2) is 4.98 Å². The maximum Gasteiger partial charge on any atom is 0.198 e. The molecule has 1 rings (SSSR count). The van der Waals surface area contributed by atoms with E-state index in [1.165, 1.54) is 0 Å². The van der Waals surface area contributed by atoms with Gasteiger partial charge in [0.15, 0.2) is 11.6 Å². The zero-order valence-corrected chi connectivity index (χ0v) is 13.3. The van der Waals surface area contributed by atoms with Crippen LogP contribution >= 0.6 is 11.6 Å². The second-order valence-corrected chi connectivity index (χ2v) is 11.5. The average Bonchev–Trinajstić information content (AvgIpc) is 2.63. The summed E-state index contributed by atoms with van der Waals surface area (Å²) in [5.74, 6) is 0.367. The molecule has 0 fully saturated rings. The standard InChI is InChI=1S/C12H21ClN2O2Si/c1-5-10(16)12-14-11(13)8-15(12)9-17-6-7-18(2,3)4/h8H,5-7,9H2,1-4H3. The Morgan fingerprint density at radius 1 is 1.50 bits per heavy atom. The van der Waals surface area contributed by atoms with Crippen molar-refractivity contribution in [3.8, 4) is 0 Å². The molecule has 0 radical (unpaired) electrons. The maximum absolute atomic E-state index is 11.6. The highest BCUT2D eigenvalue weighted by Gasteiger charge is 2.15. The first kappa shape index (κ1) is 15.4. The zero-order valence-electron chi connectivity index (χ0n) is 11.5. The van der Waals surface area contributed by atoms with Gasteiger partial charge in [0, 0.05) is 27.3 Å². The summed E-state index contributed by atoms with van der Waals surface area (Å²) in [7, 11) is -1.08. The molecule has 102 valence electrons. The van der Waals surface area contributed by atoms with Gasteiger partial charge in [-0.2, -0.15) is 0 Å². The quantitative estimate of drug-likeness (QED) is 0.438. The van der Waals surface area contributed by atoms with Gasteiger partial charge in [-0.05, 0) is 6.04 Å². The molecule has 0 N–H and O–H groups in total. The summed E-state index contributed by atoms with van der Waals surface area (Å²) in [6, 6.07) is 1.10. The van der Waals surface area contributed by atoms with Crippen LogP contribution in [0.3, 0.4) is 0 Å². The summed E-state index contributed by atoms with van der Waals surface area (Å²) >= 11 is 5.82. The van der Waals surface area contributed by atoms with Gasteiger partial charge in [-0.1, -0.05) is 38.2 Å². The van der Waals surface area contributed by atoms with E-state index in [2.05, 4.69) is 24.6 Å². The SMILES string of the molecule is CCC(=O)c1nc(Cl)cn1COCC[Si](C)(C)C. The number of rotatable bonds is 7. The number of hydrogen-bond donors (Lipinski definition) is 0. The summed E-state index contributed by atoms with van der Waals surface area (Å²) in [6.07, 6.45) is 2.06. The van der Waals surface area contributed by atoms with Gasteiger partial charge in [0.1, 0.15) is 11.9 Å². The van der Waals surface area contributed by atoms with Crippen LogP contribution in [-0.4, -0.2) is 30.0 Å². The number of nitrogens with zero attached hydrogens (tertiary/aromatic N) is 2. The molecular formula is C12H21ClN2O2Si. The van der Waals surface area contributed by atoms with Gasteiger partial charge >= 0.3 is 0 Å². The molecule has 0 aliphatic rings. The van der Waals surface area contributed by atoms with E-state index >= 15 is 0 Å². The first-order valence-corrected chi connectivity index (χ1v) is 10.3. The van der Waals surface area contributed by atoms with Crippen LogP contribution in [0.4, 0.5) is 0 Å². The molecule has 0 bridgehead atoms. The molecule has 18 heavy (non-hydrogen) atoms. The Morgan fingerprint density at radius 2 is 2.17 bits per heavy atom. The van der Waals surface area contributed by atoms with E-state index in [1.54, 1.807) is 17.7 Å². The Bertz CT molecular complexity index is 413. The smallest absolute Gasteiger partial charge is 0.198 e. The van der Waals surface area contributed by atoms with E-state index in [0.29, 0.717) is 30.7 Å². The second kappa shape index (κ2) is 6.50. The van der Waals surface area contributed by atoms with Gasteiger partial charge in [0.2, 0.25) is 0 Å². The molecule has 1 heterocycles. The molecular weight excluding hydrogens is 268 g/mol. The van der Waals surface area contributed by atoms with Gasteiger partial charge in [0.05, 0.1) is 0 Å². The monoisotopic (exact) mass is 288 g/mol. The van der Waals surface area contributed by atoms with Crippen LogP contribution in [0.2, 0.25) is 30.8 Å². The minimum Gasteiger partial charge on any atom is -0.361 e. The van der Waals surface area contributed by atoms with Crippen LogP contribution in [0, 0.1) is 0 Å². The molecule has 0 saturated carbocycles. The van der Waals surface area contributed by atoms with Crippen molar-refractivity contribution in [2.24, 2.45) is 0 Å². The normalized spacial score (nSPS) is 11.8. The van der Waals surface area contributed by atoms with Gasteiger partial charge < -0.3 is 9.30 Å². The molecule has 0 aliphatic carbocycles. The van der Waals surface area contributed by atoms with Crippen molar-refractivity contribution >= 4 is 25.5 Å². The van der Waals surface area contributed by atoms with Crippen molar-refractivity contribution in [1.82, 2.24) is 9.55 Å². The lowest BCUT2D eigenvalue weighted by Crippen LogP contribution is -2.22. The van der Waals surface area contributed by atoms with E-state index in [4.69, 9.17) is 16.3 Å². The van der Waals surface area contributed by atoms with Crippen molar-refractivity contribution < 1.29 is 9.53 Å². The van der Waals surface area contributed by atoms with E-state index in [-0.39, 0.29) is 5.78 Å². The fourth-order valence-corrected chi connectivity index (χ4v) is 2.36. The summed E-state index contributed by atoms with van der Waals surface area (Å²) in [4.78, 5) is 15.7. The topological polar surface area (TPSA) is 44.1 Å². The molecule has 0 spiro atoms. The zero-order chi connectivity index (χ0) is 13.8. The Kier molecular flexibility index (Phi) is 5.56. The fourth-order valence-electron chi connectivity index (χ4n) is 1.40. The minimum atomic E-state index is -1.08. The van der Waals surface area contributed by atoms with Gasteiger partial charge in [-0.15, -0.1) is 0 Å². The summed E-state index contributed by atoms with van der Waals surface area (Å²) in [5.41, 5.74) is 0. The summed E-state index contributed by atoms with van der Waals surface area (Å²) in [6.45, 7) is 9.77. The van der Waals surface area contributed by atoms with Crippen LogP contribution < -0.4 is 0 Å². The van der Waals surface area contributed by atoms with Crippen LogP contribution in [0.1, 0.15) is 24.0 Å². The lowest BCUT2D eigenvalue weighted by Gasteiger charge is -2.15. The number of imidazole rings is 1. The number of Topliss-reactive ketones (excluding diaryl/α,β-unsaturated/α-hetero) is 1. The first-order chi connectivity index (χ1) is 8.33. The molecule has 6 heteroatoms. The number of aromatic nitrogens is 2. The molecule has 0 aromatic carbocycles. The first-order valence-electron chi connectivity index (χ1n) is 6.17. The van der Waals surface area contributed by atoms with Crippen molar-refractivity contribution in [2.45, 2.75) is 45.8 Å². The third kappa shape index (κ3) is 4.92. The van der Waals surface area contributed by atoms with E-state index in [0.717, 1.165) is 6.04 Å². The Balaban J connectivity index is 2.54. The van der Waals surface area contributed by atoms with Crippen LogP contribution in [0.5, 0.6) is 0 Å². The van der Waals surface area contributed by atoms with Crippen molar-refractivity contribution in [3.63, 3.8) is 0 Å². The third-order valence-electron chi connectivity index (χ3n) is 2.54. The van der Waals surface area contributed by atoms with Crippen molar-refractivity contribution in [2.75, 3.05) is 6.61 Å². The molecule has 1 aromatic heterocycles. The predicted octanol–water partition coefficient (Wildman–Crippen LogP) is 3.44. The Hall–Kier alpha value is -0.653. The largest absolute Gasteiger partial charge is 0.361 e. The lowest BCUT2D eigenvalue weighted by molar-refractivity contribution is 0.0797. The molecule has 0 amide bonds. The number of carbonyl (C=O) groups is 1. The second-order valence-electron chi connectivity index (χ2n) is 5.48. The number of hydrogen-bond acceptors (Lipinski definition) is 3. The minimum absolute atomic E-state index is 0.0179. The summed E-state index contributed by atoms with van der Waals surface area (Å²) in [5, 5.41) is 0.334. The van der Waals surface area contributed by atoms with Crippen LogP contribution in [0.25, 0.3) is 0 Å². The third-order valence-corrected chi connectivity index (χ3v) is 4.43. The van der Waals surface area contributed by atoms with Crippen LogP contribution in [-0.2, 0) is 11.5 Å². The fraction of sp³-hybridized carbons (Fsp3) is 0.667. The average molecular weight is 289 g/mol. The molecule has 4 nitrogen and oxygen atoms in total. The van der Waals surface area contributed by atoms with Gasteiger partial charge in [0.25, 0.3) is 0 Å². The Morgan fingerprint density at radius 3 is 2.72 bits per heavy atom. The lowest BCUT2D eigenvalue weighted by atomic mass is 10.3. The number of ketones is 1. The van der Waals surface area contributed by atoms with E-state index < -0.39 is 8.07 Å². The Labute approximate surface area is 114 Å². The van der Waals surface area contributed by atoms with E-state index in [1.807, 2.05) is 0 Å². The van der Waals surface area contributed by atoms with E-state index in [9.17, 15) is 4.79 Å². The molecule has 0 saturated heterocycles. The van der Waals surface area contributed by atoms with Crippen molar-refractivity contribution in [1.29, 1.82) is 0 Å². The highest BCUT2D eigenvalue weighted by atomic mass is 35.5. The van der Waals surface area contributed by atoms with Crippen molar-refractivity contribution in [3.05, 3.63) is 17.2 Å². The van der Waals surface area contributed by atoms with Crippen LogP contribution in [0.15, 0.2) is 6.20 Å². The number of carbonyl (C=O) groups excluding carboxylic acids is 1. The highest BCUT2D eigenvalue weighted by molar-refractivity contribution is 6.76. The number of halogens is 1. The molecule has 0 atom stereocenters. The molecule has 0 aliphatic heterocycles. The predicted molar refractivity (Wildman–Crippen MR) is 76.0 cm³/mol. The summed E-state index contributed by atoms with van der Waals surface area (Å²) < 4.78 is 7.27. The number of ether oxygens (including phenoxy) is 1. The maximum atomic E-state index is 11.6.